The highest BCUT2D eigenvalue weighted by Gasteiger charge is 2.24. The summed E-state index contributed by atoms with van der Waals surface area (Å²) in [4.78, 5) is 13.2. The van der Waals surface area contributed by atoms with Crippen molar-refractivity contribution in [2.75, 3.05) is 13.1 Å². The number of carbonyl (C=O) groups is 1. The molecule has 96 valence electrons. The zero-order valence-electron chi connectivity index (χ0n) is 9.89. The van der Waals surface area contributed by atoms with Crippen molar-refractivity contribution in [3.63, 3.8) is 0 Å². The molecule has 3 nitrogen and oxygen atoms in total. The smallest absolute Gasteiger partial charge is 0.325 e. The molecule has 0 amide bonds. The second kappa shape index (κ2) is 7.54. The summed E-state index contributed by atoms with van der Waals surface area (Å²) >= 11 is 5.78. The van der Waals surface area contributed by atoms with Crippen molar-refractivity contribution >= 4 is 30.0 Å². The Morgan fingerprint density at radius 3 is 2.12 bits per heavy atom. The van der Waals surface area contributed by atoms with Crippen molar-refractivity contribution < 1.29 is 9.90 Å². The number of aliphatic carboxylic acids is 1. The number of nitrogens with zero attached hydrogens (tertiary/aromatic N) is 1. The number of benzene rings is 1. The van der Waals surface area contributed by atoms with E-state index in [9.17, 15) is 9.90 Å². The first-order chi connectivity index (χ1) is 7.60. The molecule has 1 aromatic rings. The third-order valence-electron chi connectivity index (χ3n) is 2.60. The Balaban J connectivity index is 0.00000256. The van der Waals surface area contributed by atoms with Crippen molar-refractivity contribution in [1.82, 2.24) is 4.90 Å². The standard InChI is InChI=1S/C12H16ClNO2.ClH/c1-3-14(4-2)11(12(15)16)9-5-7-10(13)8-6-9;/h5-8,11H,3-4H2,1-2H3,(H,15,16);1H. The van der Waals surface area contributed by atoms with Crippen molar-refractivity contribution in [2.45, 2.75) is 19.9 Å². The van der Waals surface area contributed by atoms with E-state index in [0.29, 0.717) is 18.1 Å². The fourth-order valence-corrected chi connectivity index (χ4v) is 1.87. The highest BCUT2D eigenvalue weighted by Crippen LogP contribution is 2.22. The third kappa shape index (κ3) is 4.19. The SMILES string of the molecule is CCN(CC)C(C(=O)O)c1ccc(Cl)cc1.Cl. The van der Waals surface area contributed by atoms with E-state index in [1.54, 1.807) is 24.3 Å². The number of rotatable bonds is 5. The van der Waals surface area contributed by atoms with Gasteiger partial charge in [-0.05, 0) is 30.8 Å². The molecular weight excluding hydrogens is 261 g/mol. The molecule has 0 aromatic heterocycles. The summed E-state index contributed by atoms with van der Waals surface area (Å²) < 4.78 is 0. The molecule has 0 fully saturated rings. The van der Waals surface area contributed by atoms with E-state index in [1.165, 1.54) is 0 Å². The first kappa shape index (κ1) is 16.2. The molecule has 1 unspecified atom stereocenters. The average Bonchev–Trinajstić information content (AvgIpc) is 2.27. The molecule has 1 N–H and O–H groups in total. The normalized spacial score (nSPS) is 12.0. The van der Waals surface area contributed by atoms with Gasteiger partial charge in [-0.3, -0.25) is 9.69 Å². The van der Waals surface area contributed by atoms with Crippen LogP contribution in [0.1, 0.15) is 25.5 Å². The van der Waals surface area contributed by atoms with Crippen molar-refractivity contribution in [3.05, 3.63) is 34.9 Å². The Labute approximate surface area is 113 Å². The van der Waals surface area contributed by atoms with Crippen LogP contribution in [0.15, 0.2) is 24.3 Å². The predicted molar refractivity (Wildman–Crippen MR) is 72.0 cm³/mol. The summed E-state index contributed by atoms with van der Waals surface area (Å²) in [5.74, 6) is -0.828. The van der Waals surface area contributed by atoms with Crippen LogP contribution in [0.25, 0.3) is 0 Å². The molecule has 0 spiro atoms. The van der Waals surface area contributed by atoms with Crippen LogP contribution in [0.2, 0.25) is 5.02 Å². The molecule has 0 radical (unpaired) electrons. The molecule has 0 aliphatic rings. The highest BCUT2D eigenvalue weighted by atomic mass is 35.5. The Bertz CT molecular complexity index is 350. The lowest BCUT2D eigenvalue weighted by Crippen LogP contribution is -2.33. The molecule has 5 heteroatoms. The molecule has 1 atom stereocenters. The molecule has 0 bridgehead atoms. The molecule has 17 heavy (non-hydrogen) atoms. The van der Waals surface area contributed by atoms with Gasteiger partial charge < -0.3 is 5.11 Å². The maximum Gasteiger partial charge on any atom is 0.325 e. The monoisotopic (exact) mass is 277 g/mol. The average molecular weight is 278 g/mol. The van der Waals surface area contributed by atoms with Crippen molar-refractivity contribution in [1.29, 1.82) is 0 Å². The van der Waals surface area contributed by atoms with Crippen LogP contribution in [0, 0.1) is 0 Å². The minimum Gasteiger partial charge on any atom is -0.480 e. The Morgan fingerprint density at radius 1 is 1.29 bits per heavy atom. The topological polar surface area (TPSA) is 40.5 Å². The first-order valence-electron chi connectivity index (χ1n) is 5.32. The molecule has 0 saturated carbocycles. The van der Waals surface area contributed by atoms with Gasteiger partial charge in [0.15, 0.2) is 0 Å². The van der Waals surface area contributed by atoms with Crippen LogP contribution in [0.4, 0.5) is 0 Å². The van der Waals surface area contributed by atoms with Gasteiger partial charge in [-0.1, -0.05) is 37.6 Å². The zero-order valence-corrected chi connectivity index (χ0v) is 11.5. The number of carboxylic acids is 1. The quantitative estimate of drug-likeness (QED) is 0.899. The largest absolute Gasteiger partial charge is 0.480 e. The Morgan fingerprint density at radius 2 is 1.76 bits per heavy atom. The number of likely N-dealkylation sites (N-methyl/N-ethyl adjacent to an activating group) is 1. The summed E-state index contributed by atoms with van der Waals surface area (Å²) in [6.07, 6.45) is 0. The van der Waals surface area contributed by atoms with E-state index in [1.807, 2.05) is 18.7 Å². The molecule has 0 saturated heterocycles. The van der Waals surface area contributed by atoms with E-state index >= 15 is 0 Å². The summed E-state index contributed by atoms with van der Waals surface area (Å²) in [6.45, 7) is 5.32. The van der Waals surface area contributed by atoms with Crippen LogP contribution in [0.3, 0.4) is 0 Å². The molecule has 1 aromatic carbocycles. The van der Waals surface area contributed by atoms with Crippen LogP contribution in [-0.2, 0) is 4.79 Å². The van der Waals surface area contributed by atoms with Crippen molar-refractivity contribution in [2.24, 2.45) is 0 Å². The predicted octanol–water partition coefficient (Wildman–Crippen LogP) is 3.23. The summed E-state index contributed by atoms with van der Waals surface area (Å²) in [5.41, 5.74) is 0.764. The molecule has 0 heterocycles. The van der Waals surface area contributed by atoms with E-state index in [4.69, 9.17) is 11.6 Å². The number of carboxylic acid groups (broad SMARTS) is 1. The van der Waals surface area contributed by atoms with Crippen LogP contribution < -0.4 is 0 Å². The number of halogens is 2. The van der Waals surface area contributed by atoms with Gasteiger partial charge in [0.1, 0.15) is 6.04 Å². The van der Waals surface area contributed by atoms with Crippen LogP contribution in [0.5, 0.6) is 0 Å². The molecule has 1 rings (SSSR count). The highest BCUT2D eigenvalue weighted by molar-refractivity contribution is 6.30. The second-order valence-electron chi connectivity index (χ2n) is 3.51. The minimum absolute atomic E-state index is 0. The van der Waals surface area contributed by atoms with E-state index < -0.39 is 12.0 Å². The fourth-order valence-electron chi connectivity index (χ4n) is 1.74. The number of hydrogen-bond donors (Lipinski definition) is 1. The third-order valence-corrected chi connectivity index (χ3v) is 2.85. The lowest BCUT2D eigenvalue weighted by molar-refractivity contribution is -0.143. The van der Waals surface area contributed by atoms with Gasteiger partial charge in [-0.25, -0.2) is 0 Å². The summed E-state index contributed by atoms with van der Waals surface area (Å²) in [6, 6.07) is 6.37. The molecule has 0 aliphatic carbocycles. The first-order valence-corrected chi connectivity index (χ1v) is 5.70. The Kier molecular flexibility index (Phi) is 7.19. The van der Waals surface area contributed by atoms with Gasteiger partial charge in [0.05, 0.1) is 0 Å². The summed E-state index contributed by atoms with van der Waals surface area (Å²) in [5, 5.41) is 9.87. The summed E-state index contributed by atoms with van der Waals surface area (Å²) in [7, 11) is 0. The lowest BCUT2D eigenvalue weighted by Gasteiger charge is -2.26. The van der Waals surface area contributed by atoms with Gasteiger partial charge in [0, 0.05) is 5.02 Å². The van der Waals surface area contributed by atoms with E-state index in [0.717, 1.165) is 5.56 Å². The maximum atomic E-state index is 11.3. The number of hydrogen-bond acceptors (Lipinski definition) is 2. The lowest BCUT2D eigenvalue weighted by atomic mass is 10.1. The van der Waals surface area contributed by atoms with E-state index in [2.05, 4.69) is 0 Å². The van der Waals surface area contributed by atoms with Gasteiger partial charge in [-0.2, -0.15) is 0 Å². The van der Waals surface area contributed by atoms with Gasteiger partial charge in [0.2, 0.25) is 0 Å². The minimum atomic E-state index is -0.828. The van der Waals surface area contributed by atoms with E-state index in [-0.39, 0.29) is 12.4 Å². The van der Waals surface area contributed by atoms with Gasteiger partial charge >= 0.3 is 5.97 Å². The van der Waals surface area contributed by atoms with Crippen LogP contribution in [-0.4, -0.2) is 29.1 Å². The van der Waals surface area contributed by atoms with Crippen molar-refractivity contribution in [3.8, 4) is 0 Å². The second-order valence-corrected chi connectivity index (χ2v) is 3.95. The van der Waals surface area contributed by atoms with Crippen LogP contribution >= 0.6 is 24.0 Å². The Hall–Kier alpha value is -0.770. The van der Waals surface area contributed by atoms with Gasteiger partial charge in [-0.15, -0.1) is 12.4 Å². The molecule has 0 aliphatic heterocycles. The molecular formula is C12H17Cl2NO2. The fraction of sp³-hybridized carbons (Fsp3) is 0.417. The zero-order chi connectivity index (χ0) is 12.1. The van der Waals surface area contributed by atoms with Gasteiger partial charge in [0.25, 0.3) is 0 Å². The maximum absolute atomic E-state index is 11.3.